The van der Waals surface area contributed by atoms with Crippen LogP contribution in [0.4, 0.5) is 5.69 Å². The number of methoxy groups -OCH3 is 1. The zero-order chi connectivity index (χ0) is 9.19. The van der Waals surface area contributed by atoms with Crippen molar-refractivity contribution in [3.8, 4) is 5.88 Å². The van der Waals surface area contributed by atoms with Gasteiger partial charge in [0.1, 0.15) is 0 Å². The average molecular weight is 127 g/mol. The summed E-state index contributed by atoms with van der Waals surface area (Å²) in [5, 5.41) is 0. The third-order valence-corrected chi connectivity index (χ3v) is 0.863. The van der Waals surface area contributed by atoms with Gasteiger partial charge in [0.05, 0.1) is 11.2 Å². The van der Waals surface area contributed by atoms with Crippen molar-refractivity contribution in [1.29, 1.82) is 0 Å². The van der Waals surface area contributed by atoms with Crippen LogP contribution in [0, 0.1) is 0 Å². The lowest BCUT2D eigenvalue weighted by Crippen LogP contribution is -1.89. The van der Waals surface area contributed by atoms with E-state index >= 15 is 0 Å². The number of hydrogen-bond donors (Lipinski definition) is 1. The lowest BCUT2D eigenvalue weighted by Gasteiger charge is -1.96. The number of nitrogens with two attached hydrogens (primary N) is 1. The lowest BCUT2D eigenvalue weighted by molar-refractivity contribution is 0.398. The monoisotopic (exact) mass is 127 g/mol. The summed E-state index contributed by atoms with van der Waals surface area (Å²) in [7, 11) is -2.47. The summed E-state index contributed by atoms with van der Waals surface area (Å²) in [6.45, 7) is 0. The van der Waals surface area contributed by atoms with Gasteiger partial charge in [-0.15, -0.1) is 0 Å². The topological polar surface area (TPSA) is 48.1 Å². The van der Waals surface area contributed by atoms with E-state index in [2.05, 4.69) is 9.72 Å². The van der Waals surface area contributed by atoms with Gasteiger partial charge < -0.3 is 10.5 Å². The summed E-state index contributed by atoms with van der Waals surface area (Å²) in [4.78, 5) is 3.66. The smallest absolute Gasteiger partial charge is 0.214 e. The van der Waals surface area contributed by atoms with Crippen LogP contribution in [-0.4, -0.2) is 12.0 Å². The maximum absolute atomic E-state index is 6.77. The number of anilines is 1. The van der Waals surface area contributed by atoms with E-state index in [-0.39, 0.29) is 5.88 Å². The molecule has 0 aliphatic heterocycles. The van der Waals surface area contributed by atoms with Gasteiger partial charge >= 0.3 is 0 Å². The molecule has 0 bridgehead atoms. The molecule has 48 valence electrons. The molecule has 1 rings (SSSR count). The molecule has 3 nitrogen and oxygen atoms in total. The molecule has 0 aliphatic rings. The predicted molar refractivity (Wildman–Crippen MR) is 35.2 cm³/mol. The molecule has 1 aromatic rings. The molecular weight excluding hydrogens is 116 g/mol. The van der Waals surface area contributed by atoms with Crippen LogP contribution in [0.15, 0.2) is 18.3 Å². The van der Waals surface area contributed by atoms with Crippen molar-refractivity contribution in [2.24, 2.45) is 0 Å². The molecule has 0 aliphatic carbocycles. The Bertz CT molecular complexity index is 274. The first-order valence-electron chi connectivity index (χ1n) is 3.88. The number of nitrogens with zero attached hydrogens (tertiary/aromatic N) is 1. The van der Waals surface area contributed by atoms with Crippen molar-refractivity contribution in [2.75, 3.05) is 12.8 Å². The van der Waals surface area contributed by atoms with E-state index in [4.69, 9.17) is 9.85 Å². The van der Waals surface area contributed by atoms with Gasteiger partial charge in [-0.05, 0) is 6.07 Å². The average Bonchev–Trinajstić information content (AvgIpc) is 1.82. The Balaban J connectivity index is 2.77. The van der Waals surface area contributed by atoms with E-state index in [9.17, 15) is 0 Å². The highest BCUT2D eigenvalue weighted by atomic mass is 16.5. The Morgan fingerprint density at radius 2 is 2.78 bits per heavy atom. The lowest BCUT2D eigenvalue weighted by atomic mass is 10.4. The normalized spacial score (nSPS) is 15.3. The highest BCUT2D eigenvalue weighted by molar-refractivity contribution is 5.39. The van der Waals surface area contributed by atoms with Crippen molar-refractivity contribution in [3.05, 3.63) is 18.3 Å². The van der Waals surface area contributed by atoms with Gasteiger partial charge in [-0.25, -0.2) is 4.98 Å². The van der Waals surface area contributed by atoms with Crippen molar-refractivity contribution in [3.63, 3.8) is 0 Å². The summed E-state index contributed by atoms with van der Waals surface area (Å²) < 4.78 is 24.8. The standard InChI is InChI=1S/C6H8N2O/c1-9-6-4-5(7)2-3-8-6/h2-4H,1H3,(H2,7,8)/i1D3. The number of ether oxygens (including phenoxy) is 1. The quantitative estimate of drug-likeness (QED) is 0.603. The van der Waals surface area contributed by atoms with Crippen LogP contribution < -0.4 is 10.5 Å². The number of aromatic nitrogens is 1. The predicted octanol–water partition coefficient (Wildman–Crippen LogP) is 0.672. The second kappa shape index (κ2) is 2.35. The molecule has 0 unspecified atom stereocenters. The molecule has 2 N–H and O–H groups in total. The molecule has 1 heterocycles. The van der Waals surface area contributed by atoms with Crippen molar-refractivity contribution >= 4 is 5.69 Å². The Morgan fingerprint density at radius 3 is 3.44 bits per heavy atom. The van der Waals surface area contributed by atoms with Crippen LogP contribution in [0.25, 0.3) is 0 Å². The first-order chi connectivity index (χ1) is 5.47. The van der Waals surface area contributed by atoms with E-state index in [1.807, 2.05) is 0 Å². The Kier molecular flexibility index (Phi) is 0.797. The van der Waals surface area contributed by atoms with Crippen molar-refractivity contribution < 1.29 is 8.85 Å². The fourth-order valence-corrected chi connectivity index (χ4v) is 0.481. The van der Waals surface area contributed by atoms with Gasteiger partial charge in [0, 0.05) is 18.0 Å². The Labute approximate surface area is 57.7 Å². The minimum Gasteiger partial charge on any atom is -0.481 e. The van der Waals surface area contributed by atoms with Gasteiger partial charge in [0.15, 0.2) is 0 Å². The summed E-state index contributed by atoms with van der Waals surface area (Å²) in [5.41, 5.74) is 5.79. The molecule has 0 saturated heterocycles. The minimum atomic E-state index is -2.47. The van der Waals surface area contributed by atoms with Crippen LogP contribution in [0.2, 0.25) is 0 Å². The van der Waals surface area contributed by atoms with E-state index in [1.54, 1.807) is 6.07 Å². The van der Waals surface area contributed by atoms with Crippen LogP contribution in [-0.2, 0) is 0 Å². The fourth-order valence-electron chi connectivity index (χ4n) is 0.481. The largest absolute Gasteiger partial charge is 0.481 e. The second-order valence-electron chi connectivity index (χ2n) is 1.53. The van der Waals surface area contributed by atoms with Gasteiger partial charge in [-0.1, -0.05) is 0 Å². The highest BCUT2D eigenvalue weighted by Gasteiger charge is 1.88. The number of rotatable bonds is 1. The summed E-state index contributed by atoms with van der Waals surface area (Å²) in [5.74, 6) is 0.00926. The number of hydrogen-bond acceptors (Lipinski definition) is 3. The van der Waals surface area contributed by atoms with Crippen LogP contribution in [0.5, 0.6) is 5.88 Å². The molecule has 0 radical (unpaired) electrons. The van der Waals surface area contributed by atoms with Crippen LogP contribution >= 0.6 is 0 Å². The fraction of sp³-hybridized carbons (Fsp3) is 0.167. The molecule has 0 spiro atoms. The van der Waals surface area contributed by atoms with Gasteiger partial charge in [0.25, 0.3) is 0 Å². The molecule has 0 atom stereocenters. The van der Waals surface area contributed by atoms with E-state index in [0.29, 0.717) is 5.69 Å². The van der Waals surface area contributed by atoms with Gasteiger partial charge in [-0.2, -0.15) is 0 Å². The third-order valence-electron chi connectivity index (χ3n) is 0.863. The van der Waals surface area contributed by atoms with Gasteiger partial charge in [-0.3, -0.25) is 0 Å². The molecule has 0 aromatic carbocycles. The highest BCUT2D eigenvalue weighted by Crippen LogP contribution is 2.08. The second-order valence-corrected chi connectivity index (χ2v) is 1.53. The molecule has 3 heteroatoms. The van der Waals surface area contributed by atoms with Crippen LogP contribution in [0.1, 0.15) is 4.11 Å². The zero-order valence-corrected chi connectivity index (χ0v) is 4.66. The number of nitrogen functional groups attached to an aromatic ring is 1. The van der Waals surface area contributed by atoms with Crippen molar-refractivity contribution in [1.82, 2.24) is 4.98 Å². The molecule has 0 amide bonds. The third kappa shape index (κ3) is 1.32. The van der Waals surface area contributed by atoms with E-state index in [0.717, 1.165) is 0 Å². The summed E-state index contributed by atoms with van der Waals surface area (Å²) >= 11 is 0. The summed E-state index contributed by atoms with van der Waals surface area (Å²) in [6.07, 6.45) is 1.39. The Morgan fingerprint density at radius 1 is 1.89 bits per heavy atom. The van der Waals surface area contributed by atoms with Crippen molar-refractivity contribution in [2.45, 2.75) is 0 Å². The first-order valence-corrected chi connectivity index (χ1v) is 2.38. The summed E-state index contributed by atoms with van der Waals surface area (Å²) in [6, 6.07) is 2.90. The molecular formula is C6H8N2O. The number of pyridine rings is 1. The molecule has 0 fully saturated rings. The SMILES string of the molecule is [2H]C([2H])([2H])Oc1cc(N)ccn1. The maximum Gasteiger partial charge on any atom is 0.214 e. The zero-order valence-electron chi connectivity index (χ0n) is 7.66. The van der Waals surface area contributed by atoms with E-state index < -0.39 is 7.04 Å². The Hall–Kier alpha value is -1.25. The maximum atomic E-state index is 6.77. The van der Waals surface area contributed by atoms with E-state index in [1.165, 1.54) is 12.3 Å². The van der Waals surface area contributed by atoms with Crippen LogP contribution in [0.3, 0.4) is 0 Å². The molecule has 1 aromatic heterocycles. The molecule has 0 saturated carbocycles. The minimum absolute atomic E-state index is 0.00926. The first kappa shape index (κ1) is 3.06. The molecule has 9 heavy (non-hydrogen) atoms. The van der Waals surface area contributed by atoms with Gasteiger partial charge in [0.2, 0.25) is 5.88 Å².